The third-order valence-corrected chi connectivity index (χ3v) is 3.86. The molecule has 2 N–H and O–H groups in total. The van der Waals surface area contributed by atoms with Crippen molar-refractivity contribution in [3.8, 4) is 5.82 Å². The molecule has 0 aliphatic heterocycles. The molecule has 3 aromatic rings. The Morgan fingerprint density at radius 2 is 2.10 bits per heavy atom. The van der Waals surface area contributed by atoms with Crippen LogP contribution in [0, 0.1) is 0 Å². The molecule has 0 aromatic carbocycles. The number of aromatic nitrogens is 6. The summed E-state index contributed by atoms with van der Waals surface area (Å²) >= 11 is 0. The molecular weight excluding hydrogens is 266 g/mol. The lowest BCUT2D eigenvalue weighted by Crippen LogP contribution is -2.05. The van der Waals surface area contributed by atoms with Crippen LogP contribution in [0.15, 0.2) is 18.7 Å². The third kappa shape index (κ3) is 1.88. The lowest BCUT2D eigenvalue weighted by molar-refractivity contribution is 0.541. The Labute approximate surface area is 121 Å². The largest absolute Gasteiger partial charge is 0.383 e. The van der Waals surface area contributed by atoms with Gasteiger partial charge in [0.05, 0.1) is 6.20 Å². The van der Waals surface area contributed by atoms with E-state index in [-0.39, 0.29) is 6.04 Å². The molecule has 1 aliphatic rings. The molecule has 7 nitrogen and oxygen atoms in total. The summed E-state index contributed by atoms with van der Waals surface area (Å²) in [6, 6.07) is 0.189. The first-order valence-electron chi connectivity index (χ1n) is 7.18. The fourth-order valence-electron chi connectivity index (χ4n) is 2.58. The van der Waals surface area contributed by atoms with Crippen LogP contribution in [0.5, 0.6) is 0 Å². The molecule has 4 rings (SSSR count). The lowest BCUT2D eigenvalue weighted by Gasteiger charge is -2.05. The van der Waals surface area contributed by atoms with Gasteiger partial charge in [-0.05, 0) is 38.2 Å². The summed E-state index contributed by atoms with van der Waals surface area (Å²) in [6.07, 6.45) is 7.92. The summed E-state index contributed by atoms with van der Waals surface area (Å²) in [7, 11) is 0. The molecule has 1 aliphatic carbocycles. The molecule has 7 heteroatoms. The summed E-state index contributed by atoms with van der Waals surface area (Å²) < 4.78 is 3.65. The van der Waals surface area contributed by atoms with Crippen LogP contribution in [-0.4, -0.2) is 29.5 Å². The Hall–Kier alpha value is -2.44. The predicted octanol–water partition coefficient (Wildman–Crippen LogP) is 2.05. The molecule has 0 bridgehead atoms. The van der Waals surface area contributed by atoms with Crippen LogP contribution < -0.4 is 5.73 Å². The maximum absolute atomic E-state index is 6.04. The van der Waals surface area contributed by atoms with E-state index in [1.54, 1.807) is 4.68 Å². The van der Waals surface area contributed by atoms with Crippen molar-refractivity contribution in [3.05, 3.63) is 24.3 Å². The number of nitrogens with zero attached hydrogens (tertiary/aromatic N) is 6. The van der Waals surface area contributed by atoms with E-state index in [1.165, 1.54) is 24.7 Å². The normalized spacial score (nSPS) is 15.2. The first-order valence-corrected chi connectivity index (χ1v) is 7.18. The molecule has 0 saturated heterocycles. The maximum atomic E-state index is 6.04. The number of hydrogen-bond acceptors (Lipinski definition) is 5. The van der Waals surface area contributed by atoms with Crippen LogP contribution in [-0.2, 0) is 0 Å². The number of rotatable bonds is 3. The van der Waals surface area contributed by atoms with Gasteiger partial charge >= 0.3 is 0 Å². The van der Waals surface area contributed by atoms with Gasteiger partial charge in [0.2, 0.25) is 0 Å². The summed E-state index contributed by atoms with van der Waals surface area (Å²) in [6.45, 7) is 4.13. The highest BCUT2D eigenvalue weighted by atomic mass is 15.4. The van der Waals surface area contributed by atoms with Crippen molar-refractivity contribution >= 4 is 16.9 Å². The monoisotopic (exact) mass is 283 g/mol. The van der Waals surface area contributed by atoms with Crippen LogP contribution in [0.3, 0.4) is 0 Å². The van der Waals surface area contributed by atoms with Crippen molar-refractivity contribution in [2.75, 3.05) is 5.73 Å². The molecule has 21 heavy (non-hydrogen) atoms. The van der Waals surface area contributed by atoms with Crippen molar-refractivity contribution in [1.82, 2.24) is 29.5 Å². The summed E-state index contributed by atoms with van der Waals surface area (Å²) in [5.74, 6) is 1.79. The second-order valence-electron chi connectivity index (χ2n) is 5.81. The van der Waals surface area contributed by atoms with Crippen LogP contribution >= 0.6 is 0 Å². The molecule has 108 valence electrons. The highest BCUT2D eigenvalue weighted by Gasteiger charge is 2.26. The van der Waals surface area contributed by atoms with E-state index in [4.69, 9.17) is 5.73 Å². The van der Waals surface area contributed by atoms with Gasteiger partial charge in [0.1, 0.15) is 17.5 Å². The molecular formula is C14H17N7. The van der Waals surface area contributed by atoms with Gasteiger partial charge in [-0.2, -0.15) is 5.10 Å². The third-order valence-electron chi connectivity index (χ3n) is 3.86. The summed E-state index contributed by atoms with van der Waals surface area (Å²) in [4.78, 5) is 8.42. The van der Waals surface area contributed by atoms with Gasteiger partial charge in [-0.3, -0.25) is 0 Å². The van der Waals surface area contributed by atoms with E-state index < -0.39 is 0 Å². The smallest absolute Gasteiger partial charge is 0.188 e. The summed E-state index contributed by atoms with van der Waals surface area (Å²) in [5, 5.41) is 9.85. The van der Waals surface area contributed by atoms with E-state index >= 15 is 0 Å². The topological polar surface area (TPSA) is 87.4 Å². The molecule has 0 spiro atoms. The number of fused-ring (bicyclic) bond motifs is 1. The lowest BCUT2D eigenvalue weighted by atomic mass is 10.2. The van der Waals surface area contributed by atoms with E-state index in [1.807, 2.05) is 17.1 Å². The average molecular weight is 283 g/mol. The molecule has 0 radical (unpaired) electrons. The Morgan fingerprint density at radius 1 is 1.29 bits per heavy atom. The Morgan fingerprint density at radius 3 is 2.81 bits per heavy atom. The molecule has 1 fully saturated rings. The van der Waals surface area contributed by atoms with Gasteiger partial charge in [0.15, 0.2) is 11.5 Å². The van der Waals surface area contributed by atoms with Crippen molar-refractivity contribution in [2.45, 2.75) is 38.6 Å². The Kier molecular flexibility index (Phi) is 2.51. The molecule has 3 aromatic heterocycles. The maximum Gasteiger partial charge on any atom is 0.188 e. The van der Waals surface area contributed by atoms with E-state index in [9.17, 15) is 0 Å². The van der Waals surface area contributed by atoms with Crippen molar-refractivity contribution in [3.63, 3.8) is 0 Å². The van der Waals surface area contributed by atoms with Crippen molar-refractivity contribution in [1.29, 1.82) is 0 Å². The number of nitrogen functional groups attached to an aromatic ring is 1. The molecule has 1 saturated carbocycles. The highest BCUT2D eigenvalue weighted by Crippen LogP contribution is 2.40. The Balaban J connectivity index is 1.94. The zero-order valence-corrected chi connectivity index (χ0v) is 12.1. The molecule has 0 atom stereocenters. The average Bonchev–Trinajstić information content (AvgIpc) is 3.05. The van der Waals surface area contributed by atoms with Crippen LogP contribution in [0.4, 0.5) is 5.82 Å². The first-order chi connectivity index (χ1) is 10.1. The second-order valence-corrected chi connectivity index (χ2v) is 5.81. The highest BCUT2D eigenvalue weighted by molar-refractivity contribution is 5.92. The summed E-state index contributed by atoms with van der Waals surface area (Å²) in [5.41, 5.74) is 8.05. The fourth-order valence-corrected chi connectivity index (χ4v) is 2.58. The second kappa shape index (κ2) is 4.28. The Bertz CT molecular complexity index is 810. The standard InChI is InChI=1S/C14H17N7/c1-8(2)21-13-11(12(15)16-7-17-13)14(19-21)20-6-10(5-18-20)9-3-4-9/h5-9H,3-4H2,1-2H3,(H2,15,16,17). The predicted molar refractivity (Wildman–Crippen MR) is 79.2 cm³/mol. The SMILES string of the molecule is CC(C)n1nc(-n2cc(C3CC3)cn2)c2c(N)ncnc21. The van der Waals surface area contributed by atoms with Gasteiger partial charge in [-0.1, -0.05) is 0 Å². The van der Waals surface area contributed by atoms with Gasteiger partial charge in [-0.15, -0.1) is 5.10 Å². The fraction of sp³-hybridized carbons (Fsp3) is 0.429. The number of anilines is 1. The minimum absolute atomic E-state index is 0.189. The van der Waals surface area contributed by atoms with Crippen molar-refractivity contribution in [2.24, 2.45) is 0 Å². The molecule has 0 unspecified atom stereocenters. The van der Waals surface area contributed by atoms with Crippen LogP contribution in [0.1, 0.15) is 44.2 Å². The van der Waals surface area contributed by atoms with Gasteiger partial charge in [0.25, 0.3) is 0 Å². The van der Waals surface area contributed by atoms with Crippen LogP contribution in [0.2, 0.25) is 0 Å². The quantitative estimate of drug-likeness (QED) is 0.794. The molecule has 0 amide bonds. The minimum Gasteiger partial charge on any atom is -0.383 e. The minimum atomic E-state index is 0.189. The first kappa shape index (κ1) is 12.3. The zero-order chi connectivity index (χ0) is 14.6. The molecule has 3 heterocycles. The van der Waals surface area contributed by atoms with E-state index in [0.717, 1.165) is 11.0 Å². The van der Waals surface area contributed by atoms with E-state index in [2.05, 4.69) is 34.0 Å². The van der Waals surface area contributed by atoms with E-state index in [0.29, 0.717) is 17.6 Å². The van der Waals surface area contributed by atoms with Gasteiger partial charge in [-0.25, -0.2) is 19.3 Å². The van der Waals surface area contributed by atoms with Crippen molar-refractivity contribution < 1.29 is 0 Å². The number of nitrogens with two attached hydrogens (primary N) is 1. The van der Waals surface area contributed by atoms with Gasteiger partial charge in [0, 0.05) is 12.2 Å². The van der Waals surface area contributed by atoms with Crippen LogP contribution in [0.25, 0.3) is 16.9 Å². The number of hydrogen-bond donors (Lipinski definition) is 1. The zero-order valence-electron chi connectivity index (χ0n) is 12.1. The van der Waals surface area contributed by atoms with Gasteiger partial charge < -0.3 is 5.73 Å².